The predicted octanol–water partition coefficient (Wildman–Crippen LogP) is 4.94. The van der Waals surface area contributed by atoms with E-state index in [1.807, 2.05) is 19.4 Å². The molecule has 128 valence electrons. The van der Waals surface area contributed by atoms with Crippen LogP contribution in [0.4, 0.5) is 0 Å². The minimum absolute atomic E-state index is 0. The monoisotopic (exact) mass is 517 g/mol. The summed E-state index contributed by atoms with van der Waals surface area (Å²) < 4.78 is 2.07. The van der Waals surface area contributed by atoms with Crippen LogP contribution < -0.4 is 4.57 Å². The van der Waals surface area contributed by atoms with Gasteiger partial charge in [0, 0.05) is 5.69 Å². The van der Waals surface area contributed by atoms with E-state index in [2.05, 4.69) is 78.2 Å². The van der Waals surface area contributed by atoms with Gasteiger partial charge in [0.2, 0.25) is 0 Å². The van der Waals surface area contributed by atoms with Crippen LogP contribution in [0.1, 0.15) is 5.56 Å². The third kappa shape index (κ3) is 2.85. The Balaban J connectivity index is 0.00000180. The minimum atomic E-state index is 0. The van der Waals surface area contributed by atoms with Crippen molar-refractivity contribution in [2.45, 2.75) is 6.92 Å². The summed E-state index contributed by atoms with van der Waals surface area (Å²) in [7, 11) is 2.03. The molecule has 0 radical (unpaired) electrons. The van der Waals surface area contributed by atoms with E-state index in [1.54, 1.807) is 0 Å². The van der Waals surface area contributed by atoms with Crippen LogP contribution in [0.15, 0.2) is 67.0 Å². The van der Waals surface area contributed by atoms with Gasteiger partial charge in [-0.1, -0.05) is 81.5 Å². The molecule has 0 fully saturated rings. The first kappa shape index (κ1) is 17.8. The molecule has 1 heterocycles. The van der Waals surface area contributed by atoms with Crippen molar-refractivity contribution in [2.75, 3.05) is 0 Å². The average Bonchev–Trinajstić information content (AvgIpc) is 2.67. The summed E-state index contributed by atoms with van der Waals surface area (Å²) in [5.41, 5.74) is 4.39. The number of rotatable bonds is 1. The maximum Gasteiger partial charge on any atom is 2.00 e. The molecule has 0 saturated carbocycles. The van der Waals surface area contributed by atoms with Crippen molar-refractivity contribution >= 4 is 32.4 Å². The summed E-state index contributed by atoms with van der Waals surface area (Å²) in [6.07, 6.45) is 1.89. The fraction of sp³-hybridized carbons (Fsp3) is 0.0833. The predicted molar refractivity (Wildman–Crippen MR) is 106 cm³/mol. The van der Waals surface area contributed by atoms with Gasteiger partial charge in [-0.2, -0.15) is 0 Å². The minimum Gasteiger partial charge on any atom is -0.275 e. The fourth-order valence-corrected chi connectivity index (χ4v) is 3.71. The first-order valence-corrected chi connectivity index (χ1v) is 8.72. The van der Waals surface area contributed by atoms with Gasteiger partial charge < -0.3 is 0 Å². The maximum atomic E-state index is 4.70. The van der Waals surface area contributed by atoms with E-state index >= 15 is 0 Å². The second-order valence-electron chi connectivity index (χ2n) is 6.72. The Kier molecular flexibility index (Phi) is 4.53. The third-order valence-electron chi connectivity index (χ3n) is 5.00. The van der Waals surface area contributed by atoms with Gasteiger partial charge in [-0.15, -0.1) is 41.3 Å². The van der Waals surface area contributed by atoms with Gasteiger partial charge in [0.05, 0.1) is 7.05 Å². The van der Waals surface area contributed by atoms with E-state index in [0.717, 1.165) is 38.3 Å². The molecular formula is C24H17N2W+. The van der Waals surface area contributed by atoms with Gasteiger partial charge >= 0.3 is 21.1 Å². The van der Waals surface area contributed by atoms with Crippen molar-refractivity contribution in [2.24, 2.45) is 7.05 Å². The molecule has 27 heavy (non-hydrogen) atoms. The third-order valence-corrected chi connectivity index (χ3v) is 5.00. The molecule has 0 spiro atoms. The van der Waals surface area contributed by atoms with E-state index < -0.39 is 0 Å². The molecule has 0 bridgehead atoms. The Morgan fingerprint density at radius 2 is 1.70 bits per heavy atom. The van der Waals surface area contributed by atoms with Crippen LogP contribution in [0.2, 0.25) is 0 Å². The van der Waals surface area contributed by atoms with E-state index in [-0.39, 0.29) is 21.1 Å². The maximum absolute atomic E-state index is 4.70. The Morgan fingerprint density at radius 1 is 0.963 bits per heavy atom. The van der Waals surface area contributed by atoms with Crippen molar-refractivity contribution in [3.05, 3.63) is 84.7 Å². The first-order valence-electron chi connectivity index (χ1n) is 8.72. The normalized spacial score (nSPS) is 11.0. The van der Waals surface area contributed by atoms with Gasteiger partial charge in [-0.05, 0) is 0 Å². The molecule has 5 rings (SSSR count). The van der Waals surface area contributed by atoms with Crippen molar-refractivity contribution in [1.82, 2.24) is 4.98 Å². The second kappa shape index (κ2) is 6.87. The van der Waals surface area contributed by atoms with E-state index in [4.69, 9.17) is 4.98 Å². The number of aromatic nitrogens is 2. The van der Waals surface area contributed by atoms with Gasteiger partial charge in [0.25, 0.3) is 6.33 Å². The molecule has 0 aliphatic heterocycles. The van der Waals surface area contributed by atoms with E-state index in [1.165, 1.54) is 10.9 Å². The van der Waals surface area contributed by atoms with Crippen molar-refractivity contribution in [1.29, 1.82) is 0 Å². The zero-order valence-electron chi connectivity index (χ0n) is 15.2. The van der Waals surface area contributed by atoms with Crippen LogP contribution in [0.3, 0.4) is 0 Å². The summed E-state index contributed by atoms with van der Waals surface area (Å²) in [4.78, 5) is 4.70. The van der Waals surface area contributed by atoms with Crippen molar-refractivity contribution in [3.63, 3.8) is 0 Å². The Labute approximate surface area is 172 Å². The Hall–Kier alpha value is -2.57. The zero-order valence-corrected chi connectivity index (χ0v) is 18.1. The molecule has 0 atom stereocenters. The first-order chi connectivity index (χ1) is 12.7. The molecule has 5 aromatic rings. The summed E-state index contributed by atoms with van der Waals surface area (Å²) in [6.45, 7) is 2.14. The number of aryl methyl sites for hydroxylation is 2. The van der Waals surface area contributed by atoms with Gasteiger partial charge in [-0.25, -0.2) is 0 Å². The van der Waals surface area contributed by atoms with Gasteiger partial charge in [-0.3, -0.25) is 4.57 Å². The van der Waals surface area contributed by atoms with Crippen molar-refractivity contribution < 1.29 is 25.6 Å². The summed E-state index contributed by atoms with van der Waals surface area (Å²) in [5, 5.41) is 5.68. The van der Waals surface area contributed by atoms with Crippen molar-refractivity contribution in [3.8, 4) is 11.3 Å². The SMILES string of the molecule is Cc1cc2ccccc2[c-]c1-c1c2[c-]cc3ccccc3c2nc[n+]1C.[W+2]. The molecule has 0 saturated heterocycles. The molecule has 0 N–H and O–H groups in total. The molecule has 4 aromatic carbocycles. The standard InChI is InChI=1S/C24H17N2.W/c1-16-13-18-8-3-4-9-19(18)14-22(16)24-21-12-11-17-7-5-6-10-20(17)23(21)25-15-26(24)2;/h3-11,13,15H,1-2H3;/q-1;+2. The van der Waals surface area contributed by atoms with Gasteiger partial charge in [0.15, 0.2) is 0 Å². The molecular weight excluding hydrogens is 500 g/mol. The molecule has 1 aromatic heterocycles. The molecule has 0 unspecified atom stereocenters. The second-order valence-corrected chi connectivity index (χ2v) is 6.72. The van der Waals surface area contributed by atoms with Crippen LogP contribution in [-0.4, -0.2) is 4.98 Å². The number of hydrogen-bond acceptors (Lipinski definition) is 1. The molecule has 0 aliphatic rings. The number of nitrogens with zero attached hydrogens (tertiary/aromatic N) is 2. The summed E-state index contributed by atoms with van der Waals surface area (Å²) in [5.74, 6) is 0. The summed E-state index contributed by atoms with van der Waals surface area (Å²) >= 11 is 0. The topological polar surface area (TPSA) is 16.8 Å². The Bertz CT molecular complexity index is 1310. The molecule has 0 amide bonds. The van der Waals surface area contributed by atoms with Crippen LogP contribution >= 0.6 is 0 Å². The average molecular weight is 517 g/mol. The zero-order chi connectivity index (χ0) is 17.7. The van der Waals surface area contributed by atoms with Crippen LogP contribution in [0.25, 0.3) is 43.7 Å². The molecule has 0 aliphatic carbocycles. The molecule has 3 heteroatoms. The Morgan fingerprint density at radius 3 is 2.56 bits per heavy atom. The number of hydrogen-bond donors (Lipinski definition) is 0. The fourth-order valence-electron chi connectivity index (χ4n) is 3.71. The number of benzene rings is 4. The van der Waals surface area contributed by atoms with Gasteiger partial charge in [0.1, 0.15) is 5.52 Å². The largest absolute Gasteiger partial charge is 2.00 e. The van der Waals surface area contributed by atoms with Crippen LogP contribution in [0, 0.1) is 19.1 Å². The summed E-state index contributed by atoms with van der Waals surface area (Å²) in [6, 6.07) is 28.1. The van der Waals surface area contributed by atoms with E-state index in [9.17, 15) is 0 Å². The quantitative estimate of drug-likeness (QED) is 0.175. The van der Waals surface area contributed by atoms with Crippen LogP contribution in [-0.2, 0) is 28.1 Å². The van der Waals surface area contributed by atoms with E-state index in [0.29, 0.717) is 0 Å². The molecule has 2 nitrogen and oxygen atoms in total. The van der Waals surface area contributed by atoms with Crippen LogP contribution in [0.5, 0.6) is 0 Å². The smallest absolute Gasteiger partial charge is 0.275 e. The number of fused-ring (bicyclic) bond motifs is 4.